The van der Waals surface area contributed by atoms with Crippen molar-refractivity contribution < 1.29 is 0 Å². The van der Waals surface area contributed by atoms with Gasteiger partial charge in [-0.25, -0.2) is 0 Å². The third kappa shape index (κ3) is 2.93. The Hall–Kier alpha value is -1.63. The van der Waals surface area contributed by atoms with E-state index in [4.69, 9.17) is 0 Å². The van der Waals surface area contributed by atoms with Gasteiger partial charge in [-0.2, -0.15) is 0 Å². The molecule has 0 aliphatic rings. The Labute approximate surface area is 97.9 Å². The summed E-state index contributed by atoms with van der Waals surface area (Å²) in [5.41, 5.74) is 2.61. The molecule has 0 aromatic heterocycles. The van der Waals surface area contributed by atoms with Gasteiger partial charge in [0.2, 0.25) is 0 Å². The van der Waals surface area contributed by atoms with Crippen LogP contribution in [0.1, 0.15) is 23.9 Å². The summed E-state index contributed by atoms with van der Waals surface area (Å²) in [6.07, 6.45) is 0. The summed E-state index contributed by atoms with van der Waals surface area (Å²) in [4.78, 5) is 0. The molecule has 1 unspecified atom stereocenters. The van der Waals surface area contributed by atoms with E-state index in [9.17, 15) is 0 Å². The Morgan fingerprint density at radius 3 is 2.06 bits per heavy atom. The van der Waals surface area contributed by atoms with Gasteiger partial charge in [0.1, 0.15) is 0 Å². The Bertz CT molecular complexity index is 445. The summed E-state index contributed by atoms with van der Waals surface area (Å²) in [5, 5.41) is 0. The van der Waals surface area contributed by atoms with Gasteiger partial charge in [-0.05, 0) is 0 Å². The average molecular weight is 206 g/mol. The van der Waals surface area contributed by atoms with E-state index in [0.29, 0.717) is 5.82 Å². The molecule has 0 heterocycles. The summed E-state index contributed by atoms with van der Waals surface area (Å²) < 4.78 is 0. The third-order valence-electron chi connectivity index (χ3n) is 2.70. The predicted molar refractivity (Wildman–Crippen MR) is 72.2 cm³/mol. The molecule has 78 valence electrons. The maximum absolute atomic E-state index is 2.24. The molecule has 0 bridgehead atoms. The summed E-state index contributed by atoms with van der Waals surface area (Å²) >= 11 is 0. The van der Waals surface area contributed by atoms with Gasteiger partial charge in [0.15, 0.2) is 0 Å². The van der Waals surface area contributed by atoms with Gasteiger partial charge in [-0.3, -0.25) is 0 Å². The molecule has 0 N–H and O–H groups in total. The first-order valence-corrected chi connectivity index (χ1v) is 5.64. The molecule has 1 heteroatoms. The van der Waals surface area contributed by atoms with Crippen LogP contribution >= 0.6 is 0 Å². The second kappa shape index (κ2) is 5.46. The van der Waals surface area contributed by atoms with Crippen molar-refractivity contribution in [3.8, 4) is 0 Å². The predicted octanol–water partition coefficient (Wildman–Crippen LogP) is 3.30. The van der Waals surface area contributed by atoms with Gasteiger partial charge >= 0.3 is 97.4 Å². The first kappa shape index (κ1) is 10.9. The van der Waals surface area contributed by atoms with Gasteiger partial charge in [0.05, 0.1) is 0 Å². The first-order valence-electron chi connectivity index (χ1n) is 5.64. The van der Waals surface area contributed by atoms with Crippen molar-refractivity contribution in [3.63, 3.8) is 0 Å². The van der Waals surface area contributed by atoms with Gasteiger partial charge in [0.25, 0.3) is 0 Å². The maximum atomic E-state index is 2.24. The summed E-state index contributed by atoms with van der Waals surface area (Å²) in [5.74, 6) is 2.64. The van der Waals surface area contributed by atoms with Crippen LogP contribution in [0.4, 0.5) is 0 Å². The Morgan fingerprint density at radius 1 is 0.875 bits per heavy atom. The Morgan fingerprint density at radius 2 is 1.44 bits per heavy atom. The SMILES string of the molecule is CC(B=Cc1ccccc1)c1ccccc1. The fourth-order valence-corrected chi connectivity index (χ4v) is 1.69. The number of benzene rings is 2. The monoisotopic (exact) mass is 206 g/mol. The van der Waals surface area contributed by atoms with Crippen LogP contribution in [0.2, 0.25) is 0 Å². The summed E-state index contributed by atoms with van der Waals surface area (Å²) in [6, 6.07) is 21.0. The van der Waals surface area contributed by atoms with Crippen LogP contribution in [0.25, 0.3) is 0 Å². The fourth-order valence-electron chi connectivity index (χ4n) is 1.69. The second-order valence-electron chi connectivity index (χ2n) is 3.97. The third-order valence-corrected chi connectivity index (χ3v) is 2.70. The molecular weight excluding hydrogens is 191 g/mol. The zero-order valence-electron chi connectivity index (χ0n) is 9.51. The molecule has 0 saturated heterocycles. The molecular formula is C15H15B. The molecule has 0 saturated carbocycles. The van der Waals surface area contributed by atoms with Gasteiger partial charge in [-0.1, -0.05) is 0 Å². The molecule has 0 amide bonds. The quantitative estimate of drug-likeness (QED) is 0.676. The van der Waals surface area contributed by atoms with Crippen molar-refractivity contribution in [2.75, 3.05) is 0 Å². The van der Waals surface area contributed by atoms with Gasteiger partial charge < -0.3 is 0 Å². The minimum absolute atomic E-state index is 0.460. The molecule has 2 aromatic rings. The zero-order valence-corrected chi connectivity index (χ0v) is 9.51. The van der Waals surface area contributed by atoms with Crippen molar-refractivity contribution in [2.24, 2.45) is 0 Å². The minimum atomic E-state index is 0.460. The normalized spacial score (nSPS) is 12.3. The van der Waals surface area contributed by atoms with E-state index in [1.807, 2.05) is 6.07 Å². The Kier molecular flexibility index (Phi) is 3.71. The summed E-state index contributed by atoms with van der Waals surface area (Å²) in [6.45, 7) is 4.46. The number of hydrogen-bond donors (Lipinski definition) is 0. The number of rotatable bonds is 3. The van der Waals surface area contributed by atoms with E-state index in [1.54, 1.807) is 0 Å². The molecule has 2 rings (SSSR count). The van der Waals surface area contributed by atoms with Gasteiger partial charge in [-0.15, -0.1) is 0 Å². The molecule has 2 aromatic carbocycles. The van der Waals surface area contributed by atoms with Crippen molar-refractivity contribution >= 4 is 12.9 Å². The van der Waals surface area contributed by atoms with E-state index >= 15 is 0 Å². The molecule has 16 heavy (non-hydrogen) atoms. The van der Waals surface area contributed by atoms with Crippen LogP contribution in [-0.4, -0.2) is 12.9 Å². The van der Waals surface area contributed by atoms with Crippen LogP contribution in [0, 0.1) is 0 Å². The molecule has 0 nitrogen and oxygen atoms in total. The molecule has 1 atom stereocenters. The molecule has 0 spiro atoms. The topological polar surface area (TPSA) is 0 Å². The Balaban J connectivity index is 2.08. The number of hydrogen-bond acceptors (Lipinski definition) is 0. The average Bonchev–Trinajstić information content (AvgIpc) is 2.38. The van der Waals surface area contributed by atoms with Crippen molar-refractivity contribution in [1.29, 1.82) is 0 Å². The van der Waals surface area contributed by atoms with Crippen LogP contribution in [0.5, 0.6) is 0 Å². The van der Waals surface area contributed by atoms with E-state index < -0.39 is 0 Å². The standard InChI is InChI=1S/C15H15B/c1-13(15-10-6-3-7-11-15)16-12-14-8-4-2-5-9-14/h2-13H,1H3. The van der Waals surface area contributed by atoms with Crippen molar-refractivity contribution in [2.45, 2.75) is 12.7 Å². The van der Waals surface area contributed by atoms with E-state index in [2.05, 4.69) is 74.4 Å². The van der Waals surface area contributed by atoms with E-state index in [1.165, 1.54) is 11.1 Å². The molecule has 0 aliphatic heterocycles. The second-order valence-corrected chi connectivity index (χ2v) is 3.97. The van der Waals surface area contributed by atoms with Crippen LogP contribution in [0.3, 0.4) is 0 Å². The van der Waals surface area contributed by atoms with Crippen LogP contribution < -0.4 is 0 Å². The van der Waals surface area contributed by atoms with Crippen LogP contribution in [0.15, 0.2) is 60.7 Å². The van der Waals surface area contributed by atoms with Crippen molar-refractivity contribution in [3.05, 3.63) is 71.8 Å². The van der Waals surface area contributed by atoms with Crippen LogP contribution in [-0.2, 0) is 0 Å². The molecule has 0 radical (unpaired) electrons. The van der Waals surface area contributed by atoms with E-state index in [-0.39, 0.29) is 0 Å². The first-order chi connectivity index (χ1) is 7.86. The van der Waals surface area contributed by atoms with Crippen molar-refractivity contribution in [1.82, 2.24) is 0 Å². The van der Waals surface area contributed by atoms with Gasteiger partial charge in [0, 0.05) is 0 Å². The zero-order chi connectivity index (χ0) is 11.2. The molecule has 0 fully saturated rings. The van der Waals surface area contributed by atoms with E-state index in [0.717, 1.165) is 0 Å². The summed E-state index contributed by atoms with van der Waals surface area (Å²) in [7, 11) is 0. The fraction of sp³-hybridized carbons (Fsp3) is 0.133. The molecule has 0 aliphatic carbocycles.